The van der Waals surface area contributed by atoms with Gasteiger partial charge in [-0.1, -0.05) is 34.1 Å². The largest absolute Gasteiger partial charge is 0.352 e. The van der Waals surface area contributed by atoms with E-state index < -0.39 is 0 Å². The van der Waals surface area contributed by atoms with Crippen LogP contribution in [0.5, 0.6) is 0 Å². The van der Waals surface area contributed by atoms with Crippen LogP contribution in [0.1, 0.15) is 47.0 Å². The van der Waals surface area contributed by atoms with Gasteiger partial charge < -0.3 is 10.2 Å². The summed E-state index contributed by atoms with van der Waals surface area (Å²) in [5.41, 5.74) is 0. The summed E-state index contributed by atoms with van der Waals surface area (Å²) in [7, 11) is 0. The van der Waals surface area contributed by atoms with E-state index >= 15 is 0 Å². The molecule has 1 aliphatic heterocycles. The Morgan fingerprint density at radius 1 is 1.12 bits per heavy atom. The number of nitrogens with zero attached hydrogens (tertiary/aromatic N) is 1. The van der Waals surface area contributed by atoms with E-state index in [9.17, 15) is 4.79 Å². The van der Waals surface area contributed by atoms with Gasteiger partial charge in [0.25, 0.3) is 0 Å². The Hall–Kier alpha value is -0.570. The Balaban J connectivity index is 2.44. The number of carbonyl (C=O) groups excluding carboxylic acids is 1. The number of hydrogen-bond donors (Lipinski definition) is 1. The van der Waals surface area contributed by atoms with E-state index in [1.54, 1.807) is 0 Å². The van der Waals surface area contributed by atoms with Crippen molar-refractivity contribution in [2.75, 3.05) is 19.6 Å². The van der Waals surface area contributed by atoms with Gasteiger partial charge in [0.15, 0.2) is 0 Å². The van der Waals surface area contributed by atoms with Crippen molar-refractivity contribution in [3.63, 3.8) is 0 Å². The Kier molecular flexibility index (Phi) is 5.96. The molecule has 100 valence electrons. The SMILES string of the molecule is CC(C)C(=O)NC(CN1CCCCC1)C(C)C. The molecule has 1 N–H and O–H groups in total. The summed E-state index contributed by atoms with van der Waals surface area (Å²) in [4.78, 5) is 14.3. The van der Waals surface area contributed by atoms with E-state index in [-0.39, 0.29) is 11.8 Å². The predicted molar refractivity (Wildman–Crippen MR) is 71.9 cm³/mol. The molecule has 0 spiro atoms. The molecule has 0 aromatic rings. The second kappa shape index (κ2) is 7.00. The molecule has 3 nitrogen and oxygen atoms in total. The maximum absolute atomic E-state index is 11.8. The predicted octanol–water partition coefficient (Wildman–Crippen LogP) is 2.27. The van der Waals surface area contributed by atoms with Crippen LogP contribution in [0.4, 0.5) is 0 Å². The first-order chi connectivity index (χ1) is 8.00. The molecule has 0 bridgehead atoms. The van der Waals surface area contributed by atoms with Crippen LogP contribution in [0.2, 0.25) is 0 Å². The van der Waals surface area contributed by atoms with Gasteiger partial charge in [-0.15, -0.1) is 0 Å². The second-order valence-electron chi connectivity index (χ2n) is 5.88. The van der Waals surface area contributed by atoms with Crippen LogP contribution >= 0.6 is 0 Å². The van der Waals surface area contributed by atoms with Gasteiger partial charge in [0.1, 0.15) is 0 Å². The third-order valence-corrected chi connectivity index (χ3v) is 3.56. The van der Waals surface area contributed by atoms with Crippen molar-refractivity contribution in [3.05, 3.63) is 0 Å². The van der Waals surface area contributed by atoms with Gasteiger partial charge in [0.05, 0.1) is 0 Å². The van der Waals surface area contributed by atoms with Gasteiger partial charge in [-0.3, -0.25) is 4.79 Å². The first-order valence-corrected chi connectivity index (χ1v) is 7.03. The van der Waals surface area contributed by atoms with E-state index in [4.69, 9.17) is 0 Å². The van der Waals surface area contributed by atoms with Gasteiger partial charge in [0, 0.05) is 18.5 Å². The lowest BCUT2D eigenvalue weighted by atomic mass is 10.0. The third kappa shape index (κ3) is 5.07. The highest BCUT2D eigenvalue weighted by molar-refractivity contribution is 5.78. The number of hydrogen-bond acceptors (Lipinski definition) is 2. The normalized spacial score (nSPS) is 19.6. The summed E-state index contributed by atoms with van der Waals surface area (Å²) >= 11 is 0. The van der Waals surface area contributed by atoms with Gasteiger partial charge in [-0.05, 0) is 31.8 Å². The van der Waals surface area contributed by atoms with Crippen molar-refractivity contribution >= 4 is 5.91 Å². The van der Waals surface area contributed by atoms with E-state index in [0.29, 0.717) is 12.0 Å². The summed E-state index contributed by atoms with van der Waals surface area (Å²) in [5.74, 6) is 0.762. The van der Waals surface area contributed by atoms with Crippen molar-refractivity contribution in [1.82, 2.24) is 10.2 Å². The fourth-order valence-corrected chi connectivity index (χ4v) is 2.19. The minimum atomic E-state index is 0.0811. The number of amides is 1. The van der Waals surface area contributed by atoms with E-state index in [0.717, 1.165) is 6.54 Å². The van der Waals surface area contributed by atoms with Crippen molar-refractivity contribution in [3.8, 4) is 0 Å². The number of piperidine rings is 1. The molecule has 1 saturated heterocycles. The molecular weight excluding hydrogens is 212 g/mol. The van der Waals surface area contributed by atoms with Crippen LogP contribution in [0.3, 0.4) is 0 Å². The molecule has 0 aromatic heterocycles. The quantitative estimate of drug-likeness (QED) is 0.799. The van der Waals surface area contributed by atoms with Crippen LogP contribution < -0.4 is 5.32 Å². The topological polar surface area (TPSA) is 32.3 Å². The van der Waals surface area contributed by atoms with E-state index in [1.165, 1.54) is 32.4 Å². The molecule has 1 atom stereocenters. The average molecular weight is 240 g/mol. The number of rotatable bonds is 5. The highest BCUT2D eigenvalue weighted by Gasteiger charge is 2.21. The van der Waals surface area contributed by atoms with Crippen molar-refractivity contribution < 1.29 is 4.79 Å². The molecule has 1 amide bonds. The lowest BCUT2D eigenvalue weighted by Gasteiger charge is -2.33. The summed E-state index contributed by atoms with van der Waals surface area (Å²) in [6.45, 7) is 11.7. The van der Waals surface area contributed by atoms with Crippen LogP contribution in [-0.2, 0) is 4.79 Å². The number of nitrogens with one attached hydrogen (secondary N) is 1. The fraction of sp³-hybridized carbons (Fsp3) is 0.929. The van der Waals surface area contributed by atoms with Crippen LogP contribution in [-0.4, -0.2) is 36.5 Å². The third-order valence-electron chi connectivity index (χ3n) is 3.56. The number of carbonyl (C=O) groups is 1. The zero-order valence-electron chi connectivity index (χ0n) is 11.8. The molecule has 3 heteroatoms. The molecular formula is C14H28N2O. The van der Waals surface area contributed by atoms with Gasteiger partial charge in [-0.2, -0.15) is 0 Å². The smallest absolute Gasteiger partial charge is 0.222 e. The van der Waals surface area contributed by atoms with Crippen molar-refractivity contribution in [2.24, 2.45) is 11.8 Å². The average Bonchev–Trinajstić information content (AvgIpc) is 2.29. The summed E-state index contributed by atoms with van der Waals surface area (Å²) in [6.07, 6.45) is 3.98. The first-order valence-electron chi connectivity index (χ1n) is 7.03. The molecule has 0 saturated carbocycles. The Bertz CT molecular complexity index is 232. The second-order valence-corrected chi connectivity index (χ2v) is 5.88. The summed E-state index contributed by atoms with van der Waals surface area (Å²) < 4.78 is 0. The number of likely N-dealkylation sites (tertiary alicyclic amines) is 1. The monoisotopic (exact) mass is 240 g/mol. The molecule has 1 aliphatic rings. The van der Waals surface area contributed by atoms with Gasteiger partial charge in [0.2, 0.25) is 5.91 Å². The molecule has 0 aromatic carbocycles. The first kappa shape index (κ1) is 14.5. The Morgan fingerprint density at radius 3 is 2.18 bits per heavy atom. The summed E-state index contributed by atoms with van der Waals surface area (Å²) in [6, 6.07) is 0.294. The highest BCUT2D eigenvalue weighted by atomic mass is 16.1. The standard InChI is InChI=1S/C14H28N2O/c1-11(2)13(15-14(17)12(3)4)10-16-8-6-5-7-9-16/h11-13H,5-10H2,1-4H3,(H,15,17). The molecule has 1 fully saturated rings. The highest BCUT2D eigenvalue weighted by Crippen LogP contribution is 2.12. The maximum atomic E-state index is 11.8. The molecule has 1 rings (SSSR count). The van der Waals surface area contributed by atoms with Gasteiger partial charge in [-0.25, -0.2) is 0 Å². The molecule has 1 unspecified atom stereocenters. The van der Waals surface area contributed by atoms with Crippen molar-refractivity contribution in [1.29, 1.82) is 0 Å². The van der Waals surface area contributed by atoms with E-state index in [2.05, 4.69) is 24.1 Å². The molecule has 17 heavy (non-hydrogen) atoms. The molecule has 0 aliphatic carbocycles. The summed E-state index contributed by atoms with van der Waals surface area (Å²) in [5, 5.41) is 3.18. The van der Waals surface area contributed by atoms with Gasteiger partial charge >= 0.3 is 0 Å². The minimum absolute atomic E-state index is 0.0811. The Labute approximate surface area is 106 Å². The minimum Gasteiger partial charge on any atom is -0.352 e. The van der Waals surface area contributed by atoms with Crippen LogP contribution in [0.25, 0.3) is 0 Å². The zero-order chi connectivity index (χ0) is 12.8. The zero-order valence-corrected chi connectivity index (χ0v) is 11.8. The fourth-order valence-electron chi connectivity index (χ4n) is 2.19. The lowest BCUT2D eigenvalue weighted by molar-refractivity contribution is -0.125. The Morgan fingerprint density at radius 2 is 1.71 bits per heavy atom. The lowest BCUT2D eigenvalue weighted by Crippen LogP contribution is -2.48. The molecule has 0 radical (unpaired) electrons. The molecule has 1 heterocycles. The van der Waals surface area contributed by atoms with Crippen LogP contribution in [0.15, 0.2) is 0 Å². The van der Waals surface area contributed by atoms with E-state index in [1.807, 2.05) is 13.8 Å². The maximum Gasteiger partial charge on any atom is 0.222 e. The van der Waals surface area contributed by atoms with Crippen molar-refractivity contribution in [2.45, 2.75) is 53.0 Å². The van der Waals surface area contributed by atoms with Crippen LogP contribution in [0, 0.1) is 11.8 Å².